The number of carbonyl (C=O) groups excluding carboxylic acids is 2. The topological polar surface area (TPSA) is 148 Å². The molecular formula is C24H24N4O6S. The Morgan fingerprint density at radius 1 is 0.914 bits per heavy atom. The standard InChI is InChI=1S/C24H24N4O6S/c1-16(2)14-23(29)25-17-10-12-18(13-11-17)26-24(30)21-8-3-4-9-22(21)27-35(33,34)20-7-5-6-19(15-20)28(31)32/h3-13,15-16,27H,14H2,1-2H3,(H,25,29)(H,26,30). The lowest BCUT2D eigenvalue weighted by atomic mass is 10.1. The Hall–Kier alpha value is -4.25. The molecule has 182 valence electrons. The van der Waals surface area contributed by atoms with Gasteiger partial charge in [0, 0.05) is 29.9 Å². The van der Waals surface area contributed by atoms with E-state index in [9.17, 15) is 28.1 Å². The van der Waals surface area contributed by atoms with Crippen molar-refractivity contribution >= 4 is 44.6 Å². The molecule has 3 aromatic carbocycles. The van der Waals surface area contributed by atoms with Crippen LogP contribution in [-0.2, 0) is 14.8 Å². The van der Waals surface area contributed by atoms with Crippen molar-refractivity contribution in [2.45, 2.75) is 25.2 Å². The van der Waals surface area contributed by atoms with Gasteiger partial charge in [-0.15, -0.1) is 0 Å². The molecule has 0 heterocycles. The van der Waals surface area contributed by atoms with Gasteiger partial charge in [-0.1, -0.05) is 32.0 Å². The Balaban J connectivity index is 1.75. The molecule has 0 saturated heterocycles. The minimum absolute atomic E-state index is 0.00840. The van der Waals surface area contributed by atoms with Crippen LogP contribution in [0.3, 0.4) is 0 Å². The van der Waals surface area contributed by atoms with Gasteiger partial charge in [0.15, 0.2) is 0 Å². The van der Waals surface area contributed by atoms with Gasteiger partial charge in [0.1, 0.15) is 0 Å². The first kappa shape index (κ1) is 25.4. The Morgan fingerprint density at radius 3 is 2.17 bits per heavy atom. The molecule has 0 spiro atoms. The van der Waals surface area contributed by atoms with E-state index in [1.165, 1.54) is 30.3 Å². The van der Waals surface area contributed by atoms with Crippen LogP contribution in [0.2, 0.25) is 0 Å². The number of para-hydroxylation sites is 1. The second kappa shape index (κ2) is 10.8. The number of hydrogen-bond acceptors (Lipinski definition) is 6. The maximum Gasteiger partial charge on any atom is 0.270 e. The molecule has 0 fully saturated rings. The molecule has 0 radical (unpaired) electrons. The molecule has 0 aliphatic carbocycles. The highest BCUT2D eigenvalue weighted by atomic mass is 32.2. The molecule has 0 unspecified atom stereocenters. The molecule has 0 aliphatic rings. The lowest BCUT2D eigenvalue weighted by Crippen LogP contribution is -2.18. The van der Waals surface area contributed by atoms with Crippen molar-refractivity contribution in [1.82, 2.24) is 0 Å². The molecule has 0 aromatic heterocycles. The number of nitrogens with zero attached hydrogens (tertiary/aromatic N) is 1. The number of carbonyl (C=O) groups is 2. The van der Waals surface area contributed by atoms with Crippen LogP contribution >= 0.6 is 0 Å². The van der Waals surface area contributed by atoms with Gasteiger partial charge in [0.05, 0.1) is 21.1 Å². The number of non-ortho nitro benzene ring substituents is 1. The number of amides is 2. The number of hydrogen-bond donors (Lipinski definition) is 3. The number of anilines is 3. The predicted molar refractivity (Wildman–Crippen MR) is 133 cm³/mol. The van der Waals surface area contributed by atoms with Gasteiger partial charge in [-0.05, 0) is 48.4 Å². The minimum Gasteiger partial charge on any atom is -0.326 e. The first-order chi connectivity index (χ1) is 16.5. The van der Waals surface area contributed by atoms with E-state index >= 15 is 0 Å². The lowest BCUT2D eigenvalue weighted by Gasteiger charge is -2.13. The summed E-state index contributed by atoms with van der Waals surface area (Å²) < 4.78 is 27.9. The summed E-state index contributed by atoms with van der Waals surface area (Å²) in [5.41, 5.74) is 0.708. The molecule has 11 heteroatoms. The molecule has 3 aromatic rings. The fourth-order valence-corrected chi connectivity index (χ4v) is 4.28. The lowest BCUT2D eigenvalue weighted by molar-refractivity contribution is -0.385. The van der Waals surface area contributed by atoms with Gasteiger partial charge in [0.2, 0.25) is 5.91 Å². The average molecular weight is 497 g/mol. The third-order valence-corrected chi connectivity index (χ3v) is 6.14. The van der Waals surface area contributed by atoms with Gasteiger partial charge in [-0.3, -0.25) is 24.4 Å². The number of nitro benzene ring substituents is 1. The maximum absolute atomic E-state index is 12.9. The van der Waals surface area contributed by atoms with E-state index in [0.717, 1.165) is 6.07 Å². The molecule has 35 heavy (non-hydrogen) atoms. The molecule has 2 amide bonds. The zero-order chi connectivity index (χ0) is 25.6. The summed E-state index contributed by atoms with van der Waals surface area (Å²) in [6.07, 6.45) is 0.390. The predicted octanol–water partition coefficient (Wildman–Crippen LogP) is 4.63. The molecular weight excluding hydrogens is 472 g/mol. The third-order valence-electron chi connectivity index (χ3n) is 4.77. The van der Waals surface area contributed by atoms with Gasteiger partial charge >= 0.3 is 0 Å². The van der Waals surface area contributed by atoms with Crippen molar-refractivity contribution in [3.8, 4) is 0 Å². The van der Waals surface area contributed by atoms with E-state index in [4.69, 9.17) is 0 Å². The summed E-state index contributed by atoms with van der Waals surface area (Å²) in [5.74, 6) is -0.455. The van der Waals surface area contributed by atoms with Gasteiger partial charge in [-0.25, -0.2) is 8.42 Å². The normalized spacial score (nSPS) is 11.1. The second-order valence-corrected chi connectivity index (χ2v) is 9.77. The molecule has 0 atom stereocenters. The third kappa shape index (κ3) is 6.87. The van der Waals surface area contributed by atoms with Crippen molar-refractivity contribution in [2.75, 3.05) is 15.4 Å². The Morgan fingerprint density at radius 2 is 1.54 bits per heavy atom. The van der Waals surface area contributed by atoms with E-state index in [2.05, 4.69) is 15.4 Å². The summed E-state index contributed by atoms with van der Waals surface area (Å²) in [6, 6.07) is 17.1. The zero-order valence-corrected chi connectivity index (χ0v) is 19.8. The van der Waals surface area contributed by atoms with E-state index in [1.54, 1.807) is 36.4 Å². The number of nitro groups is 1. The highest BCUT2D eigenvalue weighted by Gasteiger charge is 2.21. The average Bonchev–Trinajstić information content (AvgIpc) is 2.80. The van der Waals surface area contributed by atoms with Crippen LogP contribution in [0.1, 0.15) is 30.6 Å². The van der Waals surface area contributed by atoms with Gasteiger partial charge in [0.25, 0.3) is 21.6 Å². The molecule has 10 nitrogen and oxygen atoms in total. The molecule has 3 rings (SSSR count). The van der Waals surface area contributed by atoms with Gasteiger partial charge in [-0.2, -0.15) is 0 Å². The van der Waals surface area contributed by atoms with Crippen molar-refractivity contribution in [3.05, 3.63) is 88.5 Å². The minimum atomic E-state index is -4.20. The highest BCUT2D eigenvalue weighted by Crippen LogP contribution is 2.24. The number of benzene rings is 3. The number of sulfonamides is 1. The first-order valence-electron chi connectivity index (χ1n) is 10.6. The Kier molecular flexibility index (Phi) is 7.82. The SMILES string of the molecule is CC(C)CC(=O)Nc1ccc(NC(=O)c2ccccc2NS(=O)(=O)c2cccc([N+](=O)[O-])c2)cc1. The maximum atomic E-state index is 12.9. The van der Waals surface area contributed by atoms with Crippen LogP contribution < -0.4 is 15.4 Å². The number of rotatable bonds is 9. The van der Waals surface area contributed by atoms with Crippen LogP contribution in [0.5, 0.6) is 0 Å². The van der Waals surface area contributed by atoms with Crippen molar-refractivity contribution in [2.24, 2.45) is 5.92 Å². The van der Waals surface area contributed by atoms with Crippen LogP contribution in [-0.4, -0.2) is 25.2 Å². The zero-order valence-electron chi connectivity index (χ0n) is 19.0. The van der Waals surface area contributed by atoms with Crippen LogP contribution in [0.4, 0.5) is 22.7 Å². The molecule has 0 saturated carbocycles. The largest absolute Gasteiger partial charge is 0.326 e. The summed E-state index contributed by atoms with van der Waals surface area (Å²) >= 11 is 0. The Labute approximate surface area is 202 Å². The summed E-state index contributed by atoms with van der Waals surface area (Å²) in [4.78, 5) is 34.8. The summed E-state index contributed by atoms with van der Waals surface area (Å²) in [5, 5.41) is 16.4. The van der Waals surface area contributed by atoms with Crippen LogP contribution in [0.25, 0.3) is 0 Å². The molecule has 0 aliphatic heterocycles. The van der Waals surface area contributed by atoms with E-state index in [0.29, 0.717) is 17.8 Å². The van der Waals surface area contributed by atoms with Crippen LogP contribution in [0, 0.1) is 16.0 Å². The van der Waals surface area contributed by atoms with Gasteiger partial charge < -0.3 is 10.6 Å². The smallest absolute Gasteiger partial charge is 0.270 e. The highest BCUT2D eigenvalue weighted by molar-refractivity contribution is 7.92. The fraction of sp³-hybridized carbons (Fsp3) is 0.167. The quantitative estimate of drug-likeness (QED) is 0.291. The second-order valence-electron chi connectivity index (χ2n) is 8.08. The summed E-state index contributed by atoms with van der Waals surface area (Å²) in [6.45, 7) is 3.89. The summed E-state index contributed by atoms with van der Waals surface area (Å²) in [7, 11) is -4.20. The van der Waals surface area contributed by atoms with Crippen molar-refractivity contribution < 1.29 is 22.9 Å². The first-order valence-corrected chi connectivity index (χ1v) is 12.1. The van der Waals surface area contributed by atoms with Crippen LogP contribution in [0.15, 0.2) is 77.7 Å². The van der Waals surface area contributed by atoms with Crippen molar-refractivity contribution in [1.29, 1.82) is 0 Å². The van der Waals surface area contributed by atoms with E-state index < -0.39 is 20.9 Å². The molecule has 3 N–H and O–H groups in total. The number of nitrogens with one attached hydrogen (secondary N) is 3. The molecule has 0 bridgehead atoms. The van der Waals surface area contributed by atoms with E-state index in [-0.39, 0.29) is 33.7 Å². The van der Waals surface area contributed by atoms with E-state index in [1.807, 2.05) is 13.8 Å². The Bertz CT molecular complexity index is 1350. The monoisotopic (exact) mass is 496 g/mol. The fourth-order valence-electron chi connectivity index (χ4n) is 3.16. The van der Waals surface area contributed by atoms with Crippen molar-refractivity contribution in [3.63, 3.8) is 0 Å².